The summed E-state index contributed by atoms with van der Waals surface area (Å²) in [5, 5.41) is 3.86. The zero-order valence-electron chi connectivity index (χ0n) is 28.7. The largest absolute Gasteiger partial charge is 0.312 e. The van der Waals surface area contributed by atoms with E-state index in [9.17, 15) is 0 Å². The first-order chi connectivity index (χ1) is 19.1. The number of hydrogen-bond donors (Lipinski definition) is 1. The van der Waals surface area contributed by atoms with Crippen molar-refractivity contribution in [2.75, 3.05) is 6.54 Å². The molecule has 0 spiro atoms. The minimum Gasteiger partial charge on any atom is -0.312 e. The molecule has 0 saturated heterocycles. The van der Waals surface area contributed by atoms with E-state index in [4.69, 9.17) is 0 Å². The molecule has 1 N–H and O–H groups in total. The summed E-state index contributed by atoms with van der Waals surface area (Å²) in [6.07, 6.45) is 46.4. The lowest BCUT2D eigenvalue weighted by Crippen LogP contribution is -2.39. The fourth-order valence-corrected chi connectivity index (χ4v) is 6.13. The smallest absolute Gasteiger partial charge is 0.0125 e. The minimum absolute atomic E-state index is 0. The minimum atomic E-state index is 0. The van der Waals surface area contributed by atoms with Crippen LogP contribution >= 0.6 is 17.0 Å². The van der Waals surface area contributed by atoms with E-state index in [-0.39, 0.29) is 17.0 Å². The maximum Gasteiger partial charge on any atom is 0.0125 e. The number of hydrogen-bond acceptors (Lipinski definition) is 1. The Balaban J connectivity index is 0. The Bertz CT molecular complexity index is 435. The molecule has 40 heavy (non-hydrogen) atoms. The fourth-order valence-electron chi connectivity index (χ4n) is 6.13. The van der Waals surface area contributed by atoms with E-state index < -0.39 is 0 Å². The van der Waals surface area contributed by atoms with Gasteiger partial charge in [0.1, 0.15) is 0 Å². The van der Waals surface area contributed by atoms with Gasteiger partial charge in [0.15, 0.2) is 0 Å². The van der Waals surface area contributed by atoms with Gasteiger partial charge in [0, 0.05) is 5.54 Å². The average Bonchev–Trinajstić information content (AvgIpc) is 2.92. The third-order valence-electron chi connectivity index (χ3n) is 9.04. The summed E-state index contributed by atoms with van der Waals surface area (Å²) < 4.78 is 0. The van der Waals surface area contributed by atoms with Crippen LogP contribution in [0.25, 0.3) is 0 Å². The molecule has 0 heterocycles. The van der Waals surface area contributed by atoms with Gasteiger partial charge in [-0.3, -0.25) is 0 Å². The molecule has 0 aromatic rings. The molecule has 1 nitrogen and oxygen atoms in total. The summed E-state index contributed by atoms with van der Waals surface area (Å²) >= 11 is 0. The molecule has 2 heteroatoms. The Hall–Kier alpha value is 0.440. The van der Waals surface area contributed by atoms with Gasteiger partial charge in [0.05, 0.1) is 0 Å². The van der Waals surface area contributed by atoms with E-state index in [2.05, 4.69) is 33.0 Å². The van der Waals surface area contributed by atoms with Crippen molar-refractivity contribution in [3.8, 4) is 0 Å². The van der Waals surface area contributed by atoms with Crippen LogP contribution in [-0.4, -0.2) is 12.1 Å². The molecule has 0 bridgehead atoms. The standard InChI is InChI=1S/C38H79N.BrH/c1-5-7-9-11-13-15-17-19-21-23-25-27-29-31-33-35-37-39-38(3,4)36-34-32-30-28-26-24-22-20-18-16-14-12-10-8-6-2;/h39H,5-37H2,1-4H3;1H. The van der Waals surface area contributed by atoms with Gasteiger partial charge in [-0.1, -0.05) is 206 Å². The van der Waals surface area contributed by atoms with E-state index >= 15 is 0 Å². The van der Waals surface area contributed by atoms with Crippen molar-refractivity contribution in [1.29, 1.82) is 0 Å². The van der Waals surface area contributed by atoms with Gasteiger partial charge in [-0.2, -0.15) is 0 Å². The van der Waals surface area contributed by atoms with Gasteiger partial charge < -0.3 is 5.32 Å². The molecule has 0 aliphatic carbocycles. The first kappa shape index (κ1) is 42.6. The summed E-state index contributed by atoms with van der Waals surface area (Å²) in [5.41, 5.74) is 0.325. The molecular weight excluding hydrogens is 550 g/mol. The second-order valence-electron chi connectivity index (χ2n) is 13.8. The summed E-state index contributed by atoms with van der Waals surface area (Å²) in [6.45, 7) is 10.7. The molecule has 0 aromatic carbocycles. The van der Waals surface area contributed by atoms with E-state index in [1.165, 1.54) is 212 Å². The molecule has 0 aromatic heterocycles. The lowest BCUT2D eigenvalue weighted by Gasteiger charge is -2.26. The summed E-state index contributed by atoms with van der Waals surface area (Å²) in [4.78, 5) is 0. The van der Waals surface area contributed by atoms with Crippen LogP contribution < -0.4 is 5.32 Å². The predicted octanol–water partition coefficient (Wildman–Crippen LogP) is 14.5. The molecular formula is C38H80BrN. The lowest BCUT2D eigenvalue weighted by molar-refractivity contribution is 0.342. The molecule has 0 radical (unpaired) electrons. The topological polar surface area (TPSA) is 12.0 Å². The normalized spacial score (nSPS) is 11.7. The van der Waals surface area contributed by atoms with Crippen LogP contribution in [0, 0.1) is 0 Å². The van der Waals surface area contributed by atoms with Crippen molar-refractivity contribution in [3.05, 3.63) is 0 Å². The second kappa shape index (κ2) is 35.6. The zero-order chi connectivity index (χ0) is 28.5. The average molecular weight is 631 g/mol. The van der Waals surface area contributed by atoms with Crippen LogP contribution in [0.15, 0.2) is 0 Å². The van der Waals surface area contributed by atoms with E-state index in [0.29, 0.717) is 5.54 Å². The Labute approximate surface area is 266 Å². The van der Waals surface area contributed by atoms with E-state index in [1.54, 1.807) is 0 Å². The Kier molecular flexibility index (Phi) is 37.9. The van der Waals surface area contributed by atoms with Gasteiger partial charge in [-0.05, 0) is 33.2 Å². The van der Waals surface area contributed by atoms with Gasteiger partial charge in [-0.25, -0.2) is 0 Å². The highest BCUT2D eigenvalue weighted by molar-refractivity contribution is 8.93. The van der Waals surface area contributed by atoms with Crippen molar-refractivity contribution < 1.29 is 0 Å². The molecule has 0 aliphatic heterocycles. The van der Waals surface area contributed by atoms with Crippen LogP contribution in [0.2, 0.25) is 0 Å². The van der Waals surface area contributed by atoms with Gasteiger partial charge in [0.2, 0.25) is 0 Å². The first-order valence-electron chi connectivity index (χ1n) is 18.9. The van der Waals surface area contributed by atoms with E-state index in [0.717, 1.165) is 0 Å². The fraction of sp³-hybridized carbons (Fsp3) is 1.00. The van der Waals surface area contributed by atoms with Crippen molar-refractivity contribution in [1.82, 2.24) is 5.32 Å². The monoisotopic (exact) mass is 630 g/mol. The highest BCUT2D eigenvalue weighted by Gasteiger charge is 2.15. The molecule has 0 unspecified atom stereocenters. The SMILES string of the molecule is Br.CCCCCCCCCCCCCCCCCCNC(C)(C)CCCCCCCCCCCCCCCCC. The second-order valence-corrected chi connectivity index (χ2v) is 13.8. The third kappa shape index (κ3) is 36.5. The van der Waals surface area contributed by atoms with Crippen molar-refractivity contribution in [2.45, 2.75) is 239 Å². The highest BCUT2D eigenvalue weighted by atomic mass is 79.9. The van der Waals surface area contributed by atoms with Crippen molar-refractivity contribution >= 4 is 17.0 Å². The van der Waals surface area contributed by atoms with Crippen LogP contribution in [0.1, 0.15) is 233 Å². The van der Waals surface area contributed by atoms with Crippen LogP contribution in [0.4, 0.5) is 0 Å². The third-order valence-corrected chi connectivity index (χ3v) is 9.04. The van der Waals surface area contributed by atoms with Gasteiger partial charge >= 0.3 is 0 Å². The maximum absolute atomic E-state index is 3.86. The Morgan fingerprint density at radius 2 is 0.550 bits per heavy atom. The Morgan fingerprint density at radius 3 is 0.825 bits per heavy atom. The van der Waals surface area contributed by atoms with Gasteiger partial charge in [0.25, 0.3) is 0 Å². The quantitative estimate of drug-likeness (QED) is 0.0698. The number of unbranched alkanes of at least 4 members (excludes halogenated alkanes) is 29. The predicted molar refractivity (Wildman–Crippen MR) is 191 cm³/mol. The first-order valence-corrected chi connectivity index (χ1v) is 18.9. The zero-order valence-corrected chi connectivity index (χ0v) is 30.5. The van der Waals surface area contributed by atoms with Crippen LogP contribution in [-0.2, 0) is 0 Å². The molecule has 0 atom stereocenters. The molecule has 0 amide bonds. The van der Waals surface area contributed by atoms with Crippen LogP contribution in [0.3, 0.4) is 0 Å². The summed E-state index contributed by atoms with van der Waals surface area (Å²) in [7, 11) is 0. The molecule has 0 aliphatic rings. The number of halogens is 1. The van der Waals surface area contributed by atoms with Crippen molar-refractivity contribution in [3.63, 3.8) is 0 Å². The maximum atomic E-state index is 3.86. The van der Waals surface area contributed by atoms with E-state index in [1.807, 2.05) is 0 Å². The van der Waals surface area contributed by atoms with Crippen LogP contribution in [0.5, 0.6) is 0 Å². The summed E-state index contributed by atoms with van der Waals surface area (Å²) in [6, 6.07) is 0. The highest BCUT2D eigenvalue weighted by Crippen LogP contribution is 2.18. The summed E-state index contributed by atoms with van der Waals surface area (Å²) in [5.74, 6) is 0. The van der Waals surface area contributed by atoms with Gasteiger partial charge in [-0.15, -0.1) is 17.0 Å². The lowest BCUT2D eigenvalue weighted by atomic mass is 9.95. The number of rotatable bonds is 34. The molecule has 0 rings (SSSR count). The Morgan fingerprint density at radius 1 is 0.325 bits per heavy atom. The molecule has 0 saturated carbocycles. The van der Waals surface area contributed by atoms with Crippen molar-refractivity contribution in [2.24, 2.45) is 0 Å². The molecule has 244 valence electrons. The molecule has 0 fully saturated rings. The number of nitrogens with one attached hydrogen (secondary N) is 1.